The molecule has 0 aromatic rings. The molecule has 0 aliphatic carbocycles. The Hall–Kier alpha value is 0.970. The maximum atomic E-state index is 12.6. The molecule has 0 bridgehead atoms. The number of nitrogens with one attached hydrogen (secondary N) is 2. The molecule has 0 spiro atoms. The number of aliphatic hydroxyl groups is 5. The third-order valence-corrected chi connectivity index (χ3v) is 11.3. The van der Waals surface area contributed by atoms with Crippen LogP contribution >= 0.6 is 0 Å². The molecule has 2 amide bonds. The predicted octanol–water partition coefficient (Wildman–Crippen LogP) is -23.8. The van der Waals surface area contributed by atoms with E-state index in [4.69, 9.17) is 37.9 Å². The number of methoxy groups -OCH3 is 1. The summed E-state index contributed by atoms with van der Waals surface area (Å²) in [6.07, 6.45) is -40.5. The number of aliphatic hydroxyl groups excluding tert-OH is 5. The minimum Gasteiger partial charge on any atom is -0.726 e. The number of ether oxygens (including phenoxy) is 8. The van der Waals surface area contributed by atoms with Gasteiger partial charge in [-0.1, -0.05) is 0 Å². The summed E-state index contributed by atoms with van der Waals surface area (Å²) in [5.74, 6) is -6.44. The van der Waals surface area contributed by atoms with E-state index >= 15 is 0 Å². The summed E-state index contributed by atoms with van der Waals surface area (Å²) < 4.78 is 160. The number of carbonyl (C=O) groups is 4. The van der Waals surface area contributed by atoms with Crippen LogP contribution in [0.1, 0.15) is 20.8 Å². The Morgan fingerprint density at radius 2 is 0.929 bits per heavy atom. The van der Waals surface area contributed by atoms with Crippen molar-refractivity contribution in [1.82, 2.24) is 10.6 Å². The van der Waals surface area contributed by atoms with Gasteiger partial charge in [0, 0.05) is 21.0 Å². The number of rotatable bonds is 19. The summed E-state index contributed by atoms with van der Waals surface area (Å²) in [6, 6.07) is -4.13. The number of carboxylic acid groups (broad SMARTS) is 2. The van der Waals surface area contributed by atoms with E-state index in [1.54, 1.807) is 0 Å². The SMILES string of the molecule is COC1C(COS(=O)(=O)[O-])OC(OC2C(C(=O)[O-])OC(OC3C(COS(=O)(=O)[O-])OC(OC4C(C(=O)[O-])OC(C)C(O)C4O)C(NC(C)=O)C3O)C(O)C2O)C(NC(C)=O)C1OS(=O)(=O)[O-].[Na+].[Na+].[Na+].[Na+]. The molecule has 4 fully saturated rings. The first-order valence-corrected chi connectivity index (χ1v) is 22.7. The van der Waals surface area contributed by atoms with Gasteiger partial charge in [-0.3, -0.25) is 22.1 Å². The van der Waals surface area contributed by atoms with E-state index in [1.165, 1.54) is 0 Å². The van der Waals surface area contributed by atoms with Crippen molar-refractivity contribution in [1.29, 1.82) is 0 Å². The zero-order chi connectivity index (χ0) is 50.0. The van der Waals surface area contributed by atoms with Crippen molar-refractivity contribution < 1.29 is 263 Å². The normalized spacial score (nSPS) is 37.9. The molecule has 20 unspecified atom stereocenters. The average molecular weight is 1120 g/mol. The number of amides is 2. The topological polar surface area (TPSA) is 513 Å². The third kappa shape index (κ3) is 19.5. The molecule has 0 saturated carbocycles. The molecule has 382 valence electrons. The summed E-state index contributed by atoms with van der Waals surface area (Å²) in [5.41, 5.74) is 0. The number of aliphatic carboxylic acids is 2. The largest absolute Gasteiger partial charge is 1.00 e. The van der Waals surface area contributed by atoms with E-state index in [2.05, 4.69) is 23.2 Å². The number of carbonyl (C=O) groups excluding carboxylic acids is 4. The monoisotopic (exact) mass is 1120 g/mol. The van der Waals surface area contributed by atoms with Crippen LogP contribution in [0.4, 0.5) is 0 Å². The summed E-state index contributed by atoms with van der Waals surface area (Å²) in [5, 5.41) is 83.9. The summed E-state index contributed by atoms with van der Waals surface area (Å²) >= 11 is 0. The van der Waals surface area contributed by atoms with Crippen LogP contribution in [-0.4, -0.2) is 231 Å². The van der Waals surface area contributed by atoms with Crippen molar-refractivity contribution in [2.45, 2.75) is 143 Å². The quantitative estimate of drug-likeness (QED) is 0.0359. The number of hydrogen-bond acceptors (Lipinski definition) is 31. The van der Waals surface area contributed by atoms with Gasteiger partial charge in [-0.25, -0.2) is 25.3 Å². The summed E-state index contributed by atoms with van der Waals surface area (Å²) in [7, 11) is -16.2. The van der Waals surface area contributed by atoms with Crippen molar-refractivity contribution in [3.63, 3.8) is 0 Å². The standard InChI is InChI=1S/C30H48N2O31S3.4Na/c1-7-14(35)16(37)22(24(56-7)26(40)41)60-28-12(31-8(2)33)15(36)19(10(57-28)5-54-64(44,45)46)59-30-18(39)17(38)23(25(62-30)27(42)43)61-29-13(32-9(3)34)21(63-66(50,51)52)20(53-4)11(58-29)6-55-65(47,48)49;;;;/h7,10-25,28-30,35-39H,5-6H2,1-4H3,(H,31,33)(H,32,34)(H,40,41)(H,42,43)(H,44,45,46)(H,47,48,49)(H,50,51,52);;;;/q;4*+1/p-5. The zero-order valence-corrected chi connectivity index (χ0v) is 48.5. The molecule has 33 nitrogen and oxygen atoms in total. The van der Waals surface area contributed by atoms with Crippen molar-refractivity contribution in [2.75, 3.05) is 20.3 Å². The van der Waals surface area contributed by atoms with Gasteiger partial charge in [0.15, 0.2) is 18.9 Å². The second-order valence-corrected chi connectivity index (χ2v) is 17.8. The predicted molar refractivity (Wildman–Crippen MR) is 187 cm³/mol. The van der Waals surface area contributed by atoms with Gasteiger partial charge in [-0.15, -0.1) is 0 Å². The molecule has 70 heavy (non-hydrogen) atoms. The van der Waals surface area contributed by atoms with Crippen molar-refractivity contribution in [2.24, 2.45) is 0 Å². The molecule has 4 aliphatic rings. The molecule has 4 rings (SSSR count). The zero-order valence-electron chi connectivity index (χ0n) is 38.0. The Kier molecular flexibility index (Phi) is 30.0. The van der Waals surface area contributed by atoms with Crippen LogP contribution in [-0.2, 0) is 101 Å². The second-order valence-electron chi connectivity index (χ2n) is 14.7. The molecule has 0 radical (unpaired) electrons. The molecule has 20 atom stereocenters. The van der Waals surface area contributed by atoms with Gasteiger partial charge >= 0.3 is 118 Å². The van der Waals surface area contributed by atoms with Gasteiger partial charge < -0.3 is 108 Å². The molecule has 4 aliphatic heterocycles. The molecule has 4 saturated heterocycles. The first-order chi connectivity index (χ1) is 30.3. The van der Waals surface area contributed by atoms with Crippen LogP contribution in [0.15, 0.2) is 0 Å². The van der Waals surface area contributed by atoms with E-state index in [9.17, 15) is 93.8 Å². The maximum Gasteiger partial charge on any atom is 1.00 e. The third-order valence-electron chi connectivity index (χ3n) is 10.0. The minimum absolute atomic E-state index is 0. The number of hydrogen-bond donors (Lipinski definition) is 7. The smallest absolute Gasteiger partial charge is 0.726 e. The molecular weight excluding hydrogens is 1070 g/mol. The van der Waals surface area contributed by atoms with Crippen LogP contribution < -0.4 is 139 Å². The van der Waals surface area contributed by atoms with Crippen molar-refractivity contribution in [3.05, 3.63) is 0 Å². The van der Waals surface area contributed by atoms with Crippen LogP contribution in [0, 0.1) is 0 Å². The van der Waals surface area contributed by atoms with E-state index < -0.39 is 191 Å². The van der Waals surface area contributed by atoms with E-state index in [0.29, 0.717) is 0 Å². The summed E-state index contributed by atoms with van der Waals surface area (Å²) in [6.45, 7) is 0.0128. The van der Waals surface area contributed by atoms with Gasteiger partial charge in [0.25, 0.3) is 0 Å². The second kappa shape index (κ2) is 29.6. The first-order valence-electron chi connectivity index (χ1n) is 18.7. The minimum atomic E-state index is -5.80. The maximum absolute atomic E-state index is 12.6. The molecular formula is C30H43N2Na4O31S3-. The Bertz CT molecular complexity index is 2080. The van der Waals surface area contributed by atoms with E-state index in [0.717, 1.165) is 27.9 Å². The number of carboxylic acids is 2. The van der Waals surface area contributed by atoms with Gasteiger partial charge in [0.1, 0.15) is 97.5 Å². The van der Waals surface area contributed by atoms with E-state index in [-0.39, 0.29) is 118 Å². The molecule has 7 N–H and O–H groups in total. The molecule has 0 aromatic carbocycles. The Morgan fingerprint density at radius 3 is 1.34 bits per heavy atom. The molecule has 0 aromatic heterocycles. The fourth-order valence-electron chi connectivity index (χ4n) is 7.24. The molecule has 40 heteroatoms. The van der Waals surface area contributed by atoms with Crippen LogP contribution in [0.5, 0.6) is 0 Å². The van der Waals surface area contributed by atoms with Crippen LogP contribution in [0.25, 0.3) is 0 Å². The van der Waals surface area contributed by atoms with Gasteiger partial charge in [-0.05, 0) is 6.92 Å². The Morgan fingerprint density at radius 1 is 0.529 bits per heavy atom. The Labute approximate surface area is 486 Å². The van der Waals surface area contributed by atoms with Gasteiger partial charge in [-0.2, -0.15) is 0 Å². The fourth-order valence-corrected chi connectivity index (χ4v) is 8.35. The van der Waals surface area contributed by atoms with E-state index in [1.807, 2.05) is 0 Å². The summed E-state index contributed by atoms with van der Waals surface area (Å²) in [4.78, 5) is 49.1. The fraction of sp³-hybridized carbons (Fsp3) is 0.867. The Balaban J connectivity index is 0.0000119. The average Bonchev–Trinajstić information content (AvgIpc) is 3.17. The van der Waals surface area contributed by atoms with Crippen molar-refractivity contribution >= 4 is 54.9 Å². The van der Waals surface area contributed by atoms with Gasteiger partial charge in [0.2, 0.25) is 43.0 Å². The first kappa shape index (κ1) is 71.0. The van der Waals surface area contributed by atoms with Gasteiger partial charge in [0.05, 0.1) is 31.3 Å². The van der Waals surface area contributed by atoms with Crippen LogP contribution in [0.2, 0.25) is 0 Å². The van der Waals surface area contributed by atoms with Crippen molar-refractivity contribution in [3.8, 4) is 0 Å². The molecule has 4 heterocycles. The van der Waals surface area contributed by atoms with Crippen LogP contribution in [0.3, 0.4) is 0 Å².